The molecule has 6 heteroatoms. The molecule has 6 nitrogen and oxygen atoms in total. The van der Waals surface area contributed by atoms with Crippen LogP contribution in [-0.2, 0) is 6.54 Å². The Morgan fingerprint density at radius 2 is 1.87 bits per heavy atom. The van der Waals surface area contributed by atoms with E-state index in [1.807, 2.05) is 23.6 Å². The third-order valence-electron chi connectivity index (χ3n) is 4.61. The van der Waals surface area contributed by atoms with Gasteiger partial charge in [-0.2, -0.15) is 5.26 Å². The largest absolute Gasteiger partial charge is 0.508 e. The summed E-state index contributed by atoms with van der Waals surface area (Å²) in [5.41, 5.74) is 3.41. The minimum atomic E-state index is -0.235. The van der Waals surface area contributed by atoms with Gasteiger partial charge < -0.3 is 20.3 Å². The van der Waals surface area contributed by atoms with Crippen LogP contribution < -0.4 is 10.6 Å². The molecule has 1 heterocycles. The fourth-order valence-electron chi connectivity index (χ4n) is 3.22. The number of carbonyl (C=O) groups is 1. The molecule has 0 atom stereocenters. The van der Waals surface area contributed by atoms with E-state index >= 15 is 0 Å². The van der Waals surface area contributed by atoms with Gasteiger partial charge in [0.15, 0.2) is 0 Å². The summed E-state index contributed by atoms with van der Waals surface area (Å²) in [5.74, 6) is 6.41. The van der Waals surface area contributed by atoms with Crippen LogP contribution in [0.3, 0.4) is 0 Å². The fraction of sp³-hybridized carbons (Fsp3) is 0.250. The minimum Gasteiger partial charge on any atom is -0.508 e. The molecule has 0 aliphatic carbocycles. The number of nitrogens with zero attached hydrogens (tertiary/aromatic N) is 2. The van der Waals surface area contributed by atoms with Crippen molar-refractivity contribution in [3.63, 3.8) is 0 Å². The maximum Gasteiger partial charge on any atom is 0.319 e. The molecule has 0 saturated carbocycles. The Hall–Kier alpha value is -3.90. The number of nitriles is 1. The topological polar surface area (TPSA) is 90.1 Å². The van der Waals surface area contributed by atoms with Gasteiger partial charge in [0.25, 0.3) is 0 Å². The van der Waals surface area contributed by atoms with E-state index < -0.39 is 0 Å². The average molecular weight is 400 g/mol. The van der Waals surface area contributed by atoms with Crippen LogP contribution in [0.15, 0.2) is 42.5 Å². The van der Waals surface area contributed by atoms with E-state index in [1.165, 1.54) is 0 Å². The first-order valence-electron chi connectivity index (χ1n) is 9.99. The van der Waals surface area contributed by atoms with Gasteiger partial charge in [-0.3, -0.25) is 0 Å². The van der Waals surface area contributed by atoms with Crippen LogP contribution in [0.4, 0.5) is 10.5 Å². The van der Waals surface area contributed by atoms with Crippen LogP contribution in [0.25, 0.3) is 10.9 Å². The van der Waals surface area contributed by atoms with Gasteiger partial charge in [0, 0.05) is 35.8 Å². The van der Waals surface area contributed by atoms with Gasteiger partial charge in [0.05, 0.1) is 11.1 Å². The normalized spacial score (nSPS) is 10.2. The number of urea groups is 1. The van der Waals surface area contributed by atoms with Crippen LogP contribution in [0.5, 0.6) is 5.75 Å². The number of fused-ring (bicyclic) bond motifs is 1. The molecule has 0 unspecified atom stereocenters. The van der Waals surface area contributed by atoms with E-state index in [0.29, 0.717) is 30.0 Å². The van der Waals surface area contributed by atoms with E-state index in [-0.39, 0.29) is 11.8 Å². The summed E-state index contributed by atoms with van der Waals surface area (Å²) in [7, 11) is 0. The lowest BCUT2D eigenvalue weighted by Gasteiger charge is -2.06. The van der Waals surface area contributed by atoms with Gasteiger partial charge in [-0.1, -0.05) is 19.8 Å². The van der Waals surface area contributed by atoms with Crippen LogP contribution in [0.2, 0.25) is 0 Å². The predicted octanol–water partition coefficient (Wildman–Crippen LogP) is 4.56. The van der Waals surface area contributed by atoms with Crippen molar-refractivity contribution in [3.05, 3.63) is 59.3 Å². The highest BCUT2D eigenvalue weighted by Crippen LogP contribution is 2.28. The lowest BCUT2D eigenvalue weighted by molar-refractivity contribution is 0.252. The maximum absolute atomic E-state index is 11.7. The van der Waals surface area contributed by atoms with E-state index in [2.05, 4.69) is 35.5 Å². The molecule has 3 N–H and O–H groups in total. The number of aryl methyl sites for hydroxylation is 1. The number of nitrogens with one attached hydrogen (secondary N) is 2. The Bertz CT molecular complexity index is 1160. The summed E-state index contributed by atoms with van der Waals surface area (Å²) < 4.78 is 1.98. The zero-order valence-electron chi connectivity index (χ0n) is 17.1. The number of carbonyl (C=O) groups excluding carboxylic acids is 1. The zero-order valence-corrected chi connectivity index (χ0v) is 17.1. The Labute approximate surface area is 176 Å². The monoisotopic (exact) mass is 400 g/mol. The van der Waals surface area contributed by atoms with Crippen molar-refractivity contribution in [1.82, 2.24) is 9.88 Å². The van der Waals surface area contributed by atoms with Crippen LogP contribution in [0, 0.1) is 23.2 Å². The standard InChI is InChI=1S/C24H24N4O2/c1-3-13-26-24(30)27-18-8-5-17(6-9-18)7-12-22-21(16-25)20-11-10-19(29)15-23(20)28(22)14-4-2/h5-6,8-11,15,29H,3-4,13-14H2,1-2H3,(H2,26,27,30). The van der Waals surface area contributed by atoms with Crippen molar-refractivity contribution in [3.8, 4) is 23.7 Å². The summed E-state index contributed by atoms with van der Waals surface area (Å²) >= 11 is 0. The van der Waals surface area contributed by atoms with Gasteiger partial charge in [0.2, 0.25) is 0 Å². The SMILES string of the molecule is CCCNC(=O)Nc1ccc(C#Cc2c(C#N)c3ccc(O)cc3n2CCC)cc1. The second-order valence-electron chi connectivity index (χ2n) is 6.90. The first kappa shape index (κ1) is 20.8. The molecular formula is C24H24N4O2. The summed E-state index contributed by atoms with van der Waals surface area (Å²) in [5, 5.41) is 25.9. The minimum absolute atomic E-state index is 0.160. The quantitative estimate of drug-likeness (QED) is 0.549. The number of anilines is 1. The third kappa shape index (κ3) is 4.56. The van der Waals surface area contributed by atoms with Gasteiger partial charge in [0.1, 0.15) is 17.5 Å². The second-order valence-corrected chi connectivity index (χ2v) is 6.90. The van der Waals surface area contributed by atoms with E-state index in [9.17, 15) is 15.2 Å². The second kappa shape index (κ2) is 9.54. The molecule has 0 aliphatic rings. The number of aromatic hydroxyl groups is 1. The number of aromatic nitrogens is 1. The van der Waals surface area contributed by atoms with E-state index in [0.717, 1.165) is 29.3 Å². The summed E-state index contributed by atoms with van der Waals surface area (Å²) in [4.78, 5) is 11.7. The Balaban J connectivity index is 1.91. The summed E-state index contributed by atoms with van der Waals surface area (Å²) in [6.07, 6.45) is 1.75. The van der Waals surface area contributed by atoms with Gasteiger partial charge in [-0.15, -0.1) is 0 Å². The molecule has 1 aromatic heterocycles. The molecule has 2 amide bonds. The molecule has 30 heavy (non-hydrogen) atoms. The molecule has 152 valence electrons. The number of amides is 2. The van der Waals surface area contributed by atoms with Crippen molar-refractivity contribution in [1.29, 1.82) is 5.26 Å². The Morgan fingerprint density at radius 1 is 1.10 bits per heavy atom. The molecule has 0 fully saturated rings. The molecule has 0 radical (unpaired) electrons. The van der Waals surface area contributed by atoms with Gasteiger partial charge in [-0.05, 0) is 55.2 Å². The van der Waals surface area contributed by atoms with Gasteiger partial charge >= 0.3 is 6.03 Å². The Kier molecular flexibility index (Phi) is 6.62. The predicted molar refractivity (Wildman–Crippen MR) is 118 cm³/mol. The molecule has 0 saturated heterocycles. The van der Waals surface area contributed by atoms with Crippen LogP contribution in [-0.4, -0.2) is 22.2 Å². The van der Waals surface area contributed by atoms with Crippen molar-refractivity contribution in [2.75, 3.05) is 11.9 Å². The van der Waals surface area contributed by atoms with Crippen molar-refractivity contribution >= 4 is 22.6 Å². The van der Waals surface area contributed by atoms with Crippen LogP contribution >= 0.6 is 0 Å². The number of phenols is 1. The van der Waals surface area contributed by atoms with Crippen molar-refractivity contribution in [2.24, 2.45) is 0 Å². The van der Waals surface area contributed by atoms with Crippen LogP contribution in [0.1, 0.15) is 43.5 Å². The number of hydrogen-bond donors (Lipinski definition) is 3. The number of rotatable bonds is 5. The highest BCUT2D eigenvalue weighted by Gasteiger charge is 2.15. The van der Waals surface area contributed by atoms with Gasteiger partial charge in [-0.25, -0.2) is 4.79 Å². The number of hydrogen-bond acceptors (Lipinski definition) is 3. The smallest absolute Gasteiger partial charge is 0.319 e. The molecule has 3 rings (SSSR count). The lowest BCUT2D eigenvalue weighted by atomic mass is 10.1. The first-order valence-corrected chi connectivity index (χ1v) is 9.99. The highest BCUT2D eigenvalue weighted by atomic mass is 16.3. The summed E-state index contributed by atoms with van der Waals surface area (Å²) in [6.45, 7) is 5.37. The molecule has 0 spiro atoms. The molecule has 0 aliphatic heterocycles. The Morgan fingerprint density at radius 3 is 2.53 bits per heavy atom. The zero-order chi connectivity index (χ0) is 21.5. The van der Waals surface area contributed by atoms with Crippen molar-refractivity contribution < 1.29 is 9.90 Å². The lowest BCUT2D eigenvalue weighted by Crippen LogP contribution is -2.29. The summed E-state index contributed by atoms with van der Waals surface area (Å²) in [6, 6.07) is 14.3. The molecule has 2 aromatic carbocycles. The van der Waals surface area contributed by atoms with E-state index in [1.54, 1.807) is 30.3 Å². The van der Waals surface area contributed by atoms with E-state index in [4.69, 9.17) is 0 Å². The molecular weight excluding hydrogens is 376 g/mol. The van der Waals surface area contributed by atoms with Crippen molar-refractivity contribution in [2.45, 2.75) is 33.2 Å². The third-order valence-corrected chi connectivity index (χ3v) is 4.61. The highest BCUT2D eigenvalue weighted by molar-refractivity contribution is 5.91. The molecule has 0 bridgehead atoms. The number of benzene rings is 2. The number of phenolic OH excluding ortho intramolecular Hbond substituents is 1. The fourth-order valence-corrected chi connectivity index (χ4v) is 3.22. The first-order chi connectivity index (χ1) is 14.6. The average Bonchev–Trinajstić information content (AvgIpc) is 3.04. The molecule has 3 aromatic rings. The maximum atomic E-state index is 11.7.